The summed E-state index contributed by atoms with van der Waals surface area (Å²) in [5.41, 5.74) is -0.871. The van der Waals surface area contributed by atoms with Crippen molar-refractivity contribution in [2.75, 3.05) is 19.0 Å². The van der Waals surface area contributed by atoms with Crippen LogP contribution in [-0.2, 0) is 21.5 Å². The van der Waals surface area contributed by atoms with Crippen molar-refractivity contribution in [1.29, 1.82) is 0 Å². The lowest BCUT2D eigenvalue weighted by molar-refractivity contribution is -0.557. The molecule has 234 valence electrons. The van der Waals surface area contributed by atoms with Crippen LogP contribution in [0.2, 0.25) is 0 Å². The predicted molar refractivity (Wildman–Crippen MR) is 164 cm³/mol. The highest BCUT2D eigenvalue weighted by Gasteiger charge is 2.45. The molecule has 45 heavy (non-hydrogen) atoms. The second-order valence-corrected chi connectivity index (χ2v) is 11.2. The number of hydrogen-bond acceptors (Lipinski definition) is 6. The molecule has 1 amide bonds. The molecule has 4 aromatic rings. The van der Waals surface area contributed by atoms with Crippen LogP contribution in [-0.4, -0.2) is 59.4 Å². The number of benzene rings is 4. The molecule has 0 saturated carbocycles. The average Bonchev–Trinajstić information content (AvgIpc) is 3.41. The maximum atomic E-state index is 13.8. The molecule has 0 unspecified atom stereocenters. The van der Waals surface area contributed by atoms with Crippen LogP contribution >= 0.6 is 0 Å². The number of amidine groups is 1. The smallest absolute Gasteiger partial charge is 0.485 e. The lowest BCUT2D eigenvalue weighted by Crippen LogP contribution is -2.38. The molecule has 4 aromatic carbocycles. The molecule has 0 bridgehead atoms. The van der Waals surface area contributed by atoms with Gasteiger partial charge in [0.05, 0.1) is 12.7 Å². The van der Waals surface area contributed by atoms with Crippen molar-refractivity contribution in [1.82, 2.24) is 4.90 Å². The Labute approximate surface area is 259 Å². The van der Waals surface area contributed by atoms with Crippen LogP contribution in [0.1, 0.15) is 16.7 Å². The summed E-state index contributed by atoms with van der Waals surface area (Å²) in [6.07, 6.45) is 0. The minimum atomic E-state index is -6.09. The molecule has 0 aromatic heterocycles. The summed E-state index contributed by atoms with van der Waals surface area (Å²) in [4.78, 5) is 16.0. The lowest BCUT2D eigenvalue weighted by Gasteiger charge is -2.16. The summed E-state index contributed by atoms with van der Waals surface area (Å²) in [6, 6.07) is 37.6. The summed E-state index contributed by atoms with van der Waals surface area (Å²) in [5.74, 6) is 1.64. The second-order valence-electron chi connectivity index (χ2n) is 9.86. The molecule has 5 rings (SSSR count). The van der Waals surface area contributed by atoms with Gasteiger partial charge in [0, 0.05) is 11.3 Å². The number of ether oxygens (including phenoxy) is 1. The number of rotatable bonds is 8. The van der Waals surface area contributed by atoms with Gasteiger partial charge in [-0.15, -0.1) is 0 Å². The van der Waals surface area contributed by atoms with E-state index in [2.05, 4.69) is 57.8 Å². The van der Waals surface area contributed by atoms with Crippen LogP contribution in [0.3, 0.4) is 0 Å². The summed E-state index contributed by atoms with van der Waals surface area (Å²) in [7, 11) is -4.46. The summed E-state index contributed by atoms with van der Waals surface area (Å²) >= 11 is 0. The molecule has 0 aliphatic carbocycles. The third kappa shape index (κ3) is 8.37. The number of hydrogen-bond donors (Lipinski definition) is 1. The van der Waals surface area contributed by atoms with E-state index in [9.17, 15) is 18.0 Å². The number of methoxy groups -OCH3 is 1. The maximum absolute atomic E-state index is 13.8. The van der Waals surface area contributed by atoms with Gasteiger partial charge in [-0.3, -0.25) is 4.79 Å². The number of anilines is 1. The zero-order valence-corrected chi connectivity index (χ0v) is 25.0. The quantitative estimate of drug-likeness (QED) is 0.151. The topological polar surface area (TPSA) is 102 Å². The van der Waals surface area contributed by atoms with Gasteiger partial charge in [-0.1, -0.05) is 85.4 Å². The number of amides is 1. The van der Waals surface area contributed by atoms with Crippen molar-refractivity contribution in [3.05, 3.63) is 139 Å². The molecule has 12 heteroatoms. The Morgan fingerprint density at radius 1 is 0.933 bits per heavy atom. The molecule has 1 aliphatic heterocycles. The summed E-state index contributed by atoms with van der Waals surface area (Å²) in [6.45, 7) is 5.52. The van der Waals surface area contributed by atoms with E-state index < -0.39 is 21.7 Å². The van der Waals surface area contributed by atoms with E-state index in [4.69, 9.17) is 17.7 Å². The number of carbonyl (C=O) groups is 1. The van der Waals surface area contributed by atoms with Gasteiger partial charge < -0.3 is 14.6 Å². The first-order valence-corrected chi connectivity index (χ1v) is 15.0. The Balaban J connectivity index is 0.000000510. The largest absolute Gasteiger partial charge is 0.741 e. The number of halogens is 3. The van der Waals surface area contributed by atoms with E-state index in [1.54, 1.807) is 7.11 Å². The molecule has 1 atom stereocenters. The van der Waals surface area contributed by atoms with Crippen LogP contribution < -0.4 is 10.1 Å². The van der Waals surface area contributed by atoms with Gasteiger partial charge in [0.25, 0.3) is 11.7 Å². The number of alkyl halides is 3. The Hall–Kier alpha value is -4.94. The first-order valence-electron chi connectivity index (χ1n) is 13.6. The third-order valence-electron chi connectivity index (χ3n) is 6.86. The summed E-state index contributed by atoms with van der Waals surface area (Å²) < 4.78 is 66.4. The highest BCUT2D eigenvalue weighted by atomic mass is 32.2. The van der Waals surface area contributed by atoms with Crippen molar-refractivity contribution in [3.63, 3.8) is 0 Å². The van der Waals surface area contributed by atoms with Crippen molar-refractivity contribution < 1.29 is 40.2 Å². The number of nitrogens with zero attached hydrogens (tertiary/aromatic N) is 2. The maximum Gasteiger partial charge on any atom is 0.485 e. The van der Waals surface area contributed by atoms with Crippen LogP contribution in [0.15, 0.2) is 122 Å². The van der Waals surface area contributed by atoms with Crippen molar-refractivity contribution >= 4 is 33.2 Å². The first-order chi connectivity index (χ1) is 21.4. The second kappa shape index (κ2) is 14.2. The first kappa shape index (κ1) is 33.0. The zero-order valence-electron chi connectivity index (χ0n) is 24.1. The van der Waals surface area contributed by atoms with Crippen LogP contribution in [0.5, 0.6) is 5.75 Å². The fourth-order valence-electron chi connectivity index (χ4n) is 4.68. The molecule has 0 radical (unpaired) electrons. The number of nitrogens with one attached hydrogen (secondary N) is 1. The average molecular weight is 638 g/mol. The standard InChI is InChI=1S/C32H29N3O2.CHF3O3S/c1-24(26-14-8-4-9-15-26)34-23-30(31(36)33-28-18-20-29(37-2)21-19-28)35(22-25-12-6-3-7-13-25)32(34)27-16-10-5-11-17-27;2-1(3,4)8(5,6)7/h3-21,30H,1,22-23H2,2H3;(H,5,6,7)/t30-;/m1./s1. The van der Waals surface area contributed by atoms with Crippen molar-refractivity contribution in [2.45, 2.75) is 18.1 Å². The summed E-state index contributed by atoms with van der Waals surface area (Å²) in [5, 5.41) is 3.12. The fraction of sp³-hybridized carbons (Fsp3) is 0.152. The molecule has 0 fully saturated rings. The van der Waals surface area contributed by atoms with Crippen LogP contribution in [0, 0.1) is 0 Å². The van der Waals surface area contributed by atoms with E-state index in [-0.39, 0.29) is 5.91 Å². The van der Waals surface area contributed by atoms with Gasteiger partial charge in [-0.2, -0.15) is 13.2 Å². The molecule has 8 nitrogen and oxygen atoms in total. The normalized spacial score (nSPS) is 14.8. The van der Waals surface area contributed by atoms with Crippen LogP contribution in [0.4, 0.5) is 18.9 Å². The lowest BCUT2D eigenvalue weighted by atomic mass is 10.1. The highest BCUT2D eigenvalue weighted by Crippen LogP contribution is 2.28. The Kier molecular flexibility index (Phi) is 10.4. The van der Waals surface area contributed by atoms with E-state index in [1.807, 2.05) is 78.9 Å². The molecule has 1 aliphatic rings. The fourth-order valence-corrected chi connectivity index (χ4v) is 4.68. The monoisotopic (exact) mass is 637 g/mol. The molecule has 1 heterocycles. The van der Waals surface area contributed by atoms with Gasteiger partial charge >= 0.3 is 5.51 Å². The minimum absolute atomic E-state index is 0.0714. The molecule has 0 spiro atoms. The van der Waals surface area contributed by atoms with Gasteiger partial charge in [-0.25, -0.2) is 17.9 Å². The Bertz CT molecular complexity index is 1750. The Morgan fingerprint density at radius 2 is 1.44 bits per heavy atom. The minimum Gasteiger partial charge on any atom is -0.741 e. The molecular formula is C33H30F3N3O5S. The van der Waals surface area contributed by atoms with Crippen molar-refractivity contribution in [3.8, 4) is 5.75 Å². The molecule has 1 N–H and O–H groups in total. The molecule has 0 saturated heterocycles. The van der Waals surface area contributed by atoms with E-state index in [0.29, 0.717) is 13.1 Å². The Morgan fingerprint density at radius 3 is 1.96 bits per heavy atom. The third-order valence-corrected chi connectivity index (χ3v) is 7.43. The van der Waals surface area contributed by atoms with Gasteiger partial charge in [0.1, 0.15) is 24.5 Å². The number of carbonyl (C=O) groups excluding carboxylic acids is 1. The molecular weight excluding hydrogens is 607 g/mol. The highest BCUT2D eigenvalue weighted by molar-refractivity contribution is 7.86. The van der Waals surface area contributed by atoms with E-state index >= 15 is 0 Å². The van der Waals surface area contributed by atoms with Gasteiger partial charge in [-0.05, 0) is 42.0 Å². The van der Waals surface area contributed by atoms with Crippen molar-refractivity contribution in [2.24, 2.45) is 0 Å². The zero-order chi connectivity index (χ0) is 32.6. The van der Waals surface area contributed by atoms with Crippen LogP contribution in [0.25, 0.3) is 5.70 Å². The van der Waals surface area contributed by atoms with Gasteiger partial charge in [0.2, 0.25) is 6.04 Å². The van der Waals surface area contributed by atoms with E-state index in [0.717, 1.165) is 39.7 Å². The predicted octanol–water partition coefficient (Wildman–Crippen LogP) is 5.70. The van der Waals surface area contributed by atoms with Gasteiger partial charge in [0.15, 0.2) is 10.1 Å². The SMILES string of the molecule is C=C(c1ccccc1)N1C[C@H](C(=O)Nc2ccc(OC)cc2)[N+](Cc2ccccc2)=C1c1ccccc1.O=S(=O)([O-])C(F)(F)F. The van der Waals surface area contributed by atoms with E-state index in [1.165, 1.54) is 0 Å².